The van der Waals surface area contributed by atoms with Crippen molar-refractivity contribution >= 4 is 29.1 Å². The number of hydrogen-bond donors (Lipinski definition) is 1. The van der Waals surface area contributed by atoms with Crippen LogP contribution in [-0.2, 0) is 13.2 Å². The summed E-state index contributed by atoms with van der Waals surface area (Å²) in [6.45, 7) is 0.982. The summed E-state index contributed by atoms with van der Waals surface area (Å²) in [5.41, 5.74) is 5.78. The molecule has 5 aromatic rings. The zero-order chi connectivity index (χ0) is 27.9. The van der Waals surface area contributed by atoms with Crippen LogP contribution in [0.5, 0.6) is 17.2 Å². The number of nitrogens with one attached hydrogen (secondary N) is 1. The van der Waals surface area contributed by atoms with E-state index in [1.165, 1.54) is 0 Å². The van der Waals surface area contributed by atoms with Gasteiger partial charge < -0.3 is 19.1 Å². The summed E-state index contributed by atoms with van der Waals surface area (Å²) in [7, 11) is 0. The Hall–Kier alpha value is -4.46. The third kappa shape index (κ3) is 4.88. The monoisotopic (exact) mass is 583 g/mol. The summed E-state index contributed by atoms with van der Waals surface area (Å²) in [5.74, 6) is 1.97. The average molecular weight is 584 g/mol. The molecular weight excluding hydrogens is 561 g/mol. The number of H-pyrrole nitrogens is 1. The maximum absolute atomic E-state index is 13.8. The topological polar surface area (TPSA) is 76.7 Å². The standard InChI is InChI=1S/C32H23Cl2N3O4/c33-23-8-1-19(2-9-23)17-39-25-12-6-22(7-13-25)31-28-29(21-4-10-24(34)11-5-21)35-36-30(28)32(38)37(31)16-20-3-14-26-27(15-20)41-18-40-26/h1-15,31H,16-18H2,(H,35,36). The van der Waals surface area contributed by atoms with Crippen LogP contribution >= 0.6 is 23.2 Å². The molecule has 0 saturated carbocycles. The Balaban J connectivity index is 1.23. The van der Waals surface area contributed by atoms with Gasteiger partial charge >= 0.3 is 0 Å². The third-order valence-electron chi connectivity index (χ3n) is 7.29. The zero-order valence-corrected chi connectivity index (χ0v) is 23.2. The molecule has 9 heteroatoms. The second-order valence-corrected chi connectivity index (χ2v) is 10.7. The Morgan fingerprint density at radius 3 is 2.29 bits per heavy atom. The summed E-state index contributed by atoms with van der Waals surface area (Å²) in [5, 5.41) is 8.88. The molecule has 0 fully saturated rings. The summed E-state index contributed by atoms with van der Waals surface area (Å²) in [6.07, 6.45) is 0. The maximum Gasteiger partial charge on any atom is 0.273 e. The lowest BCUT2D eigenvalue weighted by atomic mass is 9.96. The van der Waals surface area contributed by atoms with Gasteiger partial charge in [0.05, 0.1) is 11.7 Å². The van der Waals surface area contributed by atoms with Gasteiger partial charge in [-0.1, -0.05) is 65.7 Å². The summed E-state index contributed by atoms with van der Waals surface area (Å²) in [6, 6.07) is 28.2. The molecule has 204 valence electrons. The minimum absolute atomic E-state index is 0.126. The van der Waals surface area contributed by atoms with Crippen LogP contribution in [0.15, 0.2) is 91.0 Å². The van der Waals surface area contributed by atoms with Crippen molar-refractivity contribution in [3.05, 3.63) is 129 Å². The Morgan fingerprint density at radius 2 is 1.54 bits per heavy atom. The van der Waals surface area contributed by atoms with E-state index in [1.54, 1.807) is 0 Å². The number of carbonyl (C=O) groups is 1. The van der Waals surface area contributed by atoms with E-state index < -0.39 is 0 Å². The average Bonchev–Trinajstić information content (AvgIpc) is 3.70. The van der Waals surface area contributed by atoms with Gasteiger partial charge in [0.1, 0.15) is 18.1 Å². The number of hydrogen-bond acceptors (Lipinski definition) is 5. The van der Waals surface area contributed by atoms with Crippen LogP contribution in [0.1, 0.15) is 38.8 Å². The first-order valence-corrected chi connectivity index (χ1v) is 13.8. The SMILES string of the molecule is O=C1c2[nH]nc(-c3ccc(Cl)cc3)c2C(c2ccc(OCc3ccc(Cl)cc3)cc2)N1Cc1ccc2c(c1)OCO2. The molecule has 1 aromatic heterocycles. The largest absolute Gasteiger partial charge is 0.489 e. The second kappa shape index (κ2) is 10.5. The maximum atomic E-state index is 13.8. The number of carbonyl (C=O) groups excluding carboxylic acids is 1. The predicted molar refractivity (Wildman–Crippen MR) is 156 cm³/mol. The number of rotatable bonds is 7. The van der Waals surface area contributed by atoms with E-state index in [4.69, 9.17) is 37.4 Å². The van der Waals surface area contributed by atoms with Gasteiger partial charge in [0, 0.05) is 27.7 Å². The summed E-state index contributed by atoms with van der Waals surface area (Å²) in [4.78, 5) is 15.7. The molecule has 1 amide bonds. The van der Waals surface area contributed by atoms with Crippen molar-refractivity contribution in [1.29, 1.82) is 0 Å². The highest BCUT2D eigenvalue weighted by atomic mass is 35.5. The van der Waals surface area contributed by atoms with Gasteiger partial charge in [-0.15, -0.1) is 0 Å². The fourth-order valence-corrected chi connectivity index (χ4v) is 5.52. The summed E-state index contributed by atoms with van der Waals surface area (Å²) < 4.78 is 17.1. The van der Waals surface area contributed by atoms with Crippen LogP contribution in [0.4, 0.5) is 0 Å². The Bertz CT molecular complexity index is 1740. The van der Waals surface area contributed by atoms with E-state index in [9.17, 15) is 4.79 Å². The number of aromatic amines is 1. The summed E-state index contributed by atoms with van der Waals surface area (Å²) >= 11 is 12.1. The predicted octanol–water partition coefficient (Wildman–Crippen LogP) is 7.44. The van der Waals surface area contributed by atoms with Crippen LogP contribution in [0, 0.1) is 0 Å². The molecule has 1 N–H and O–H groups in total. The number of amides is 1. The Labute approximate surface area is 246 Å². The molecule has 7 rings (SSSR count). The highest BCUT2D eigenvalue weighted by molar-refractivity contribution is 6.30. The highest BCUT2D eigenvalue weighted by Gasteiger charge is 2.42. The van der Waals surface area contributed by atoms with Crippen LogP contribution in [0.25, 0.3) is 11.3 Å². The van der Waals surface area contributed by atoms with Crippen molar-refractivity contribution in [2.24, 2.45) is 0 Å². The molecule has 0 radical (unpaired) electrons. The Kier molecular flexibility index (Phi) is 6.53. The zero-order valence-electron chi connectivity index (χ0n) is 21.6. The first kappa shape index (κ1) is 25.5. The first-order chi connectivity index (χ1) is 20.0. The molecule has 4 aromatic carbocycles. The molecule has 2 aliphatic rings. The van der Waals surface area contributed by atoms with E-state index in [2.05, 4.69) is 10.2 Å². The molecular formula is C32H23Cl2N3O4. The minimum Gasteiger partial charge on any atom is -0.489 e. The molecule has 1 atom stereocenters. The number of benzene rings is 4. The lowest BCUT2D eigenvalue weighted by Gasteiger charge is -2.27. The molecule has 2 aliphatic heterocycles. The Morgan fingerprint density at radius 1 is 0.854 bits per heavy atom. The van der Waals surface area contributed by atoms with Gasteiger partial charge in [-0.2, -0.15) is 5.10 Å². The van der Waals surface area contributed by atoms with E-state index in [0.717, 1.165) is 33.6 Å². The van der Waals surface area contributed by atoms with Crippen molar-refractivity contribution in [2.75, 3.05) is 6.79 Å². The van der Waals surface area contributed by atoms with Crippen molar-refractivity contribution in [1.82, 2.24) is 15.1 Å². The fourth-order valence-electron chi connectivity index (χ4n) is 5.26. The second-order valence-electron chi connectivity index (χ2n) is 9.88. The molecule has 0 spiro atoms. The third-order valence-corrected chi connectivity index (χ3v) is 7.79. The van der Waals surface area contributed by atoms with E-state index >= 15 is 0 Å². The molecule has 0 saturated heterocycles. The van der Waals surface area contributed by atoms with Gasteiger partial charge in [0.2, 0.25) is 6.79 Å². The van der Waals surface area contributed by atoms with E-state index in [-0.39, 0.29) is 18.7 Å². The van der Waals surface area contributed by atoms with Crippen LogP contribution in [-0.4, -0.2) is 27.8 Å². The van der Waals surface area contributed by atoms with Crippen molar-refractivity contribution in [3.63, 3.8) is 0 Å². The highest BCUT2D eigenvalue weighted by Crippen LogP contribution is 2.44. The molecule has 0 bridgehead atoms. The fraction of sp³-hybridized carbons (Fsp3) is 0.125. The number of halogens is 2. The van der Waals surface area contributed by atoms with Gasteiger partial charge in [0.15, 0.2) is 11.5 Å². The van der Waals surface area contributed by atoms with Gasteiger partial charge in [-0.3, -0.25) is 9.89 Å². The molecule has 3 heterocycles. The smallest absolute Gasteiger partial charge is 0.273 e. The number of aromatic nitrogens is 2. The minimum atomic E-state index is -0.377. The number of nitrogens with zero attached hydrogens (tertiary/aromatic N) is 2. The first-order valence-electron chi connectivity index (χ1n) is 13.0. The van der Waals surface area contributed by atoms with Crippen LogP contribution < -0.4 is 14.2 Å². The lowest BCUT2D eigenvalue weighted by Crippen LogP contribution is -2.29. The molecule has 0 aliphatic carbocycles. The number of fused-ring (bicyclic) bond motifs is 2. The van der Waals surface area contributed by atoms with E-state index in [0.29, 0.717) is 46.1 Å². The number of ether oxygens (including phenoxy) is 3. The van der Waals surface area contributed by atoms with Gasteiger partial charge in [-0.25, -0.2) is 0 Å². The van der Waals surface area contributed by atoms with Gasteiger partial charge in [0.25, 0.3) is 5.91 Å². The molecule has 41 heavy (non-hydrogen) atoms. The van der Waals surface area contributed by atoms with Crippen molar-refractivity contribution in [3.8, 4) is 28.5 Å². The van der Waals surface area contributed by atoms with Crippen LogP contribution in [0.3, 0.4) is 0 Å². The van der Waals surface area contributed by atoms with E-state index in [1.807, 2.05) is 95.9 Å². The normalized spacial score (nSPS) is 15.3. The van der Waals surface area contributed by atoms with Crippen molar-refractivity contribution in [2.45, 2.75) is 19.2 Å². The molecule has 1 unspecified atom stereocenters. The van der Waals surface area contributed by atoms with Gasteiger partial charge in [-0.05, 0) is 65.2 Å². The molecule has 7 nitrogen and oxygen atoms in total. The van der Waals surface area contributed by atoms with Crippen LogP contribution in [0.2, 0.25) is 10.0 Å². The quantitative estimate of drug-likeness (QED) is 0.215. The lowest BCUT2D eigenvalue weighted by molar-refractivity contribution is 0.0730. The van der Waals surface area contributed by atoms with Crippen molar-refractivity contribution < 1.29 is 19.0 Å².